The van der Waals surface area contributed by atoms with E-state index in [0.717, 1.165) is 5.92 Å². The van der Waals surface area contributed by atoms with Gasteiger partial charge in [0.05, 0.1) is 11.2 Å². The molecule has 96 valence electrons. The van der Waals surface area contributed by atoms with Gasteiger partial charge in [-0.1, -0.05) is 26.2 Å². The summed E-state index contributed by atoms with van der Waals surface area (Å²) in [7, 11) is 2.11. The Bertz CT molecular complexity index is 366. The van der Waals surface area contributed by atoms with E-state index in [1.807, 2.05) is 11.3 Å². The number of hydrogen-bond donors (Lipinski definition) is 1. The van der Waals surface area contributed by atoms with Gasteiger partial charge < -0.3 is 5.32 Å². The molecule has 1 heterocycles. The second-order valence-corrected chi connectivity index (χ2v) is 6.44. The molecule has 0 bridgehead atoms. The highest BCUT2D eigenvalue weighted by molar-refractivity contribution is 7.11. The van der Waals surface area contributed by atoms with Crippen LogP contribution in [0.25, 0.3) is 0 Å². The maximum atomic E-state index is 4.83. The Morgan fingerprint density at radius 1 is 1.41 bits per heavy atom. The molecule has 0 spiro atoms. The molecular formula is C14H24N2S. The Labute approximate surface area is 109 Å². The third-order valence-corrected chi connectivity index (χ3v) is 5.67. The predicted octanol–water partition coefficient (Wildman–Crippen LogP) is 3.77. The topological polar surface area (TPSA) is 24.9 Å². The normalized spacial score (nSPS) is 29.5. The molecule has 1 aliphatic rings. The summed E-state index contributed by atoms with van der Waals surface area (Å²) in [5.74, 6) is 0.742. The number of aryl methyl sites for hydroxylation is 2. The van der Waals surface area contributed by atoms with Crippen LogP contribution >= 0.6 is 11.3 Å². The Kier molecular flexibility index (Phi) is 3.88. The summed E-state index contributed by atoms with van der Waals surface area (Å²) in [6.07, 6.45) is 6.54. The number of aromatic nitrogens is 1. The SMILES string of the molecule is CCC1CCCCC1(NC)c1nc(C)c(C)s1. The first kappa shape index (κ1) is 13.0. The van der Waals surface area contributed by atoms with Crippen molar-refractivity contribution in [1.82, 2.24) is 10.3 Å². The zero-order valence-electron chi connectivity index (χ0n) is 11.5. The molecule has 2 rings (SSSR count). The van der Waals surface area contributed by atoms with Gasteiger partial charge in [-0.3, -0.25) is 0 Å². The fourth-order valence-electron chi connectivity index (χ4n) is 3.18. The van der Waals surface area contributed by atoms with Crippen LogP contribution < -0.4 is 5.32 Å². The van der Waals surface area contributed by atoms with E-state index in [0.29, 0.717) is 0 Å². The average molecular weight is 252 g/mol. The van der Waals surface area contributed by atoms with Crippen LogP contribution in [0.15, 0.2) is 0 Å². The Balaban J connectivity index is 2.40. The zero-order valence-corrected chi connectivity index (χ0v) is 12.3. The van der Waals surface area contributed by atoms with Crippen LogP contribution in [0.3, 0.4) is 0 Å². The predicted molar refractivity (Wildman–Crippen MR) is 74.6 cm³/mol. The summed E-state index contributed by atoms with van der Waals surface area (Å²) < 4.78 is 0. The third kappa shape index (κ3) is 2.15. The first-order chi connectivity index (χ1) is 8.14. The van der Waals surface area contributed by atoms with Gasteiger partial charge in [-0.2, -0.15) is 0 Å². The number of hydrogen-bond acceptors (Lipinski definition) is 3. The van der Waals surface area contributed by atoms with Crippen molar-refractivity contribution in [3.05, 3.63) is 15.6 Å². The lowest BCUT2D eigenvalue weighted by molar-refractivity contribution is 0.145. The Morgan fingerprint density at radius 2 is 2.18 bits per heavy atom. The fourth-order valence-corrected chi connectivity index (χ4v) is 4.40. The summed E-state index contributed by atoms with van der Waals surface area (Å²) in [6.45, 7) is 6.63. The van der Waals surface area contributed by atoms with Crippen molar-refractivity contribution in [2.75, 3.05) is 7.05 Å². The Morgan fingerprint density at radius 3 is 2.71 bits per heavy atom. The second-order valence-electron chi connectivity index (χ2n) is 5.23. The highest BCUT2D eigenvalue weighted by Crippen LogP contribution is 2.44. The molecule has 2 nitrogen and oxygen atoms in total. The molecule has 1 aromatic rings. The van der Waals surface area contributed by atoms with Gasteiger partial charge in [-0.05, 0) is 39.7 Å². The van der Waals surface area contributed by atoms with Crippen molar-refractivity contribution in [3.8, 4) is 0 Å². The minimum Gasteiger partial charge on any atom is -0.308 e. The molecule has 0 aromatic carbocycles. The van der Waals surface area contributed by atoms with E-state index in [9.17, 15) is 0 Å². The molecule has 2 unspecified atom stereocenters. The fraction of sp³-hybridized carbons (Fsp3) is 0.786. The van der Waals surface area contributed by atoms with Gasteiger partial charge in [0.15, 0.2) is 0 Å². The second kappa shape index (κ2) is 5.07. The van der Waals surface area contributed by atoms with Gasteiger partial charge >= 0.3 is 0 Å². The lowest BCUT2D eigenvalue weighted by Gasteiger charge is -2.42. The first-order valence-corrected chi connectivity index (χ1v) is 7.59. The van der Waals surface area contributed by atoms with Crippen molar-refractivity contribution in [2.24, 2.45) is 5.92 Å². The van der Waals surface area contributed by atoms with Gasteiger partial charge in [-0.15, -0.1) is 11.3 Å². The first-order valence-electron chi connectivity index (χ1n) is 6.77. The average Bonchev–Trinajstić information content (AvgIpc) is 2.69. The van der Waals surface area contributed by atoms with Crippen LogP contribution in [0.2, 0.25) is 0 Å². The molecule has 2 atom stereocenters. The zero-order chi connectivity index (χ0) is 12.5. The van der Waals surface area contributed by atoms with Crippen molar-refractivity contribution in [2.45, 2.75) is 58.4 Å². The summed E-state index contributed by atoms with van der Waals surface area (Å²) in [5.41, 5.74) is 1.36. The summed E-state index contributed by atoms with van der Waals surface area (Å²) in [4.78, 5) is 6.20. The molecule has 1 fully saturated rings. The molecule has 0 saturated heterocycles. The van der Waals surface area contributed by atoms with E-state index >= 15 is 0 Å². The lowest BCUT2D eigenvalue weighted by Crippen LogP contribution is -2.48. The van der Waals surface area contributed by atoms with Gasteiger partial charge in [0.25, 0.3) is 0 Å². The van der Waals surface area contributed by atoms with Crippen molar-refractivity contribution >= 4 is 11.3 Å². The van der Waals surface area contributed by atoms with Crippen molar-refractivity contribution in [3.63, 3.8) is 0 Å². The van der Waals surface area contributed by atoms with Crippen molar-refractivity contribution in [1.29, 1.82) is 0 Å². The quantitative estimate of drug-likeness (QED) is 0.885. The van der Waals surface area contributed by atoms with E-state index < -0.39 is 0 Å². The van der Waals surface area contributed by atoms with E-state index in [-0.39, 0.29) is 5.54 Å². The summed E-state index contributed by atoms with van der Waals surface area (Å²) in [6, 6.07) is 0. The van der Waals surface area contributed by atoms with Crippen LogP contribution in [0.5, 0.6) is 0 Å². The van der Waals surface area contributed by atoms with E-state index in [1.54, 1.807) is 0 Å². The molecule has 17 heavy (non-hydrogen) atoms. The smallest absolute Gasteiger partial charge is 0.114 e. The monoisotopic (exact) mass is 252 g/mol. The highest BCUT2D eigenvalue weighted by atomic mass is 32.1. The molecule has 1 aromatic heterocycles. The number of thiazole rings is 1. The number of nitrogens with zero attached hydrogens (tertiary/aromatic N) is 1. The van der Waals surface area contributed by atoms with Crippen LogP contribution in [0.1, 0.15) is 54.6 Å². The van der Waals surface area contributed by atoms with E-state index in [4.69, 9.17) is 4.98 Å². The Hall–Kier alpha value is -0.410. The van der Waals surface area contributed by atoms with Crippen LogP contribution in [-0.2, 0) is 5.54 Å². The minimum atomic E-state index is 0.149. The van der Waals surface area contributed by atoms with Crippen molar-refractivity contribution < 1.29 is 0 Å². The van der Waals surface area contributed by atoms with Gasteiger partial charge in [0.1, 0.15) is 5.01 Å². The maximum Gasteiger partial charge on any atom is 0.114 e. The molecule has 3 heteroatoms. The molecule has 1 saturated carbocycles. The lowest BCUT2D eigenvalue weighted by atomic mass is 9.72. The van der Waals surface area contributed by atoms with Crippen LogP contribution in [-0.4, -0.2) is 12.0 Å². The summed E-state index contributed by atoms with van der Waals surface area (Å²) in [5, 5.41) is 4.94. The largest absolute Gasteiger partial charge is 0.308 e. The number of nitrogens with one attached hydrogen (secondary N) is 1. The maximum absolute atomic E-state index is 4.83. The third-order valence-electron chi connectivity index (χ3n) is 4.42. The van der Waals surface area contributed by atoms with E-state index in [1.165, 1.54) is 47.7 Å². The highest BCUT2D eigenvalue weighted by Gasteiger charge is 2.42. The van der Waals surface area contributed by atoms with E-state index in [2.05, 4.69) is 33.1 Å². The minimum absolute atomic E-state index is 0.149. The van der Waals surface area contributed by atoms with Gasteiger partial charge in [0.2, 0.25) is 0 Å². The molecule has 1 N–H and O–H groups in total. The van der Waals surface area contributed by atoms with Gasteiger partial charge in [-0.25, -0.2) is 4.98 Å². The van der Waals surface area contributed by atoms with Gasteiger partial charge in [0, 0.05) is 4.88 Å². The van der Waals surface area contributed by atoms with Crippen LogP contribution in [0.4, 0.5) is 0 Å². The summed E-state index contributed by atoms with van der Waals surface area (Å²) >= 11 is 1.89. The molecule has 1 aliphatic carbocycles. The standard InChI is InChI=1S/C14H24N2S/c1-5-12-8-6-7-9-14(12,15-4)13-16-10(2)11(3)17-13/h12,15H,5-9H2,1-4H3. The molecule has 0 amide bonds. The molecule has 0 radical (unpaired) electrons. The molecular weight excluding hydrogens is 228 g/mol. The number of rotatable bonds is 3. The molecule has 0 aliphatic heterocycles. The van der Waals surface area contributed by atoms with Crippen LogP contribution in [0, 0.1) is 19.8 Å².